The van der Waals surface area contributed by atoms with Crippen LogP contribution in [-0.4, -0.2) is 41.6 Å². The van der Waals surface area contributed by atoms with E-state index in [1.807, 2.05) is 5.38 Å². The van der Waals surface area contributed by atoms with Gasteiger partial charge in [0.25, 0.3) is 5.91 Å². The lowest BCUT2D eigenvalue weighted by molar-refractivity contribution is 0.0693. The zero-order chi connectivity index (χ0) is 18.3. The van der Waals surface area contributed by atoms with E-state index in [-0.39, 0.29) is 17.2 Å². The zero-order valence-corrected chi connectivity index (χ0v) is 14.6. The molecule has 9 heteroatoms. The summed E-state index contributed by atoms with van der Waals surface area (Å²) >= 11 is 1.55. The molecule has 3 heterocycles. The van der Waals surface area contributed by atoms with Crippen molar-refractivity contribution >= 4 is 30.3 Å². The molecule has 134 valence electrons. The number of thiophene rings is 1. The van der Waals surface area contributed by atoms with Crippen molar-refractivity contribution in [2.75, 3.05) is 6.54 Å². The predicted molar refractivity (Wildman–Crippen MR) is 96.7 cm³/mol. The second-order valence-electron chi connectivity index (χ2n) is 6.37. The van der Waals surface area contributed by atoms with Crippen LogP contribution in [0.3, 0.4) is 0 Å². The molecule has 1 amide bonds. The van der Waals surface area contributed by atoms with Gasteiger partial charge in [-0.3, -0.25) is 4.79 Å². The molecule has 0 fully saturated rings. The summed E-state index contributed by atoms with van der Waals surface area (Å²) in [6, 6.07) is 4.80. The first-order chi connectivity index (χ1) is 12.5. The van der Waals surface area contributed by atoms with Crippen LogP contribution in [0.2, 0.25) is 0 Å². The quantitative estimate of drug-likeness (QED) is 0.595. The molecule has 2 aliphatic rings. The predicted octanol–water partition coefficient (Wildman–Crippen LogP) is 0.845. The Morgan fingerprint density at radius 1 is 1.35 bits per heavy atom. The highest BCUT2D eigenvalue weighted by Gasteiger charge is 2.38. The van der Waals surface area contributed by atoms with Crippen LogP contribution >= 0.6 is 11.3 Å². The molecular weight excluding hydrogens is 355 g/mol. The Kier molecular flexibility index (Phi) is 4.43. The van der Waals surface area contributed by atoms with Crippen molar-refractivity contribution in [3.63, 3.8) is 0 Å². The number of aromatic carboxylic acids is 1. The fourth-order valence-electron chi connectivity index (χ4n) is 3.41. The van der Waals surface area contributed by atoms with Crippen LogP contribution in [0, 0.1) is 0 Å². The maximum Gasteiger partial charge on any atom is 0.547 e. The van der Waals surface area contributed by atoms with Crippen molar-refractivity contribution < 1.29 is 24.4 Å². The molecule has 0 aliphatic carbocycles. The van der Waals surface area contributed by atoms with Gasteiger partial charge in [0.05, 0.1) is 17.1 Å². The molecule has 0 saturated heterocycles. The van der Waals surface area contributed by atoms with Crippen molar-refractivity contribution in [1.82, 2.24) is 10.6 Å². The van der Waals surface area contributed by atoms with E-state index < -0.39 is 19.0 Å². The molecule has 0 radical (unpaired) electrons. The Hall–Kier alpha value is -2.36. The summed E-state index contributed by atoms with van der Waals surface area (Å²) in [6.45, 7) is 1.61. The smallest absolute Gasteiger partial charge is 0.534 e. The topological polar surface area (TPSA) is 108 Å². The van der Waals surface area contributed by atoms with Gasteiger partial charge in [0.2, 0.25) is 0 Å². The van der Waals surface area contributed by atoms with E-state index in [1.165, 1.54) is 10.9 Å². The summed E-state index contributed by atoms with van der Waals surface area (Å²) < 4.78 is 5.42. The van der Waals surface area contributed by atoms with Gasteiger partial charge in [0.15, 0.2) is 0 Å². The maximum absolute atomic E-state index is 12.7. The van der Waals surface area contributed by atoms with Gasteiger partial charge in [-0.25, -0.2) is 4.79 Å². The van der Waals surface area contributed by atoms with Gasteiger partial charge in [0.1, 0.15) is 5.75 Å². The number of hydrogen-bond acceptors (Lipinski definition) is 6. The summed E-state index contributed by atoms with van der Waals surface area (Å²) in [6.07, 6.45) is 1.10. The number of fused-ring (bicyclic) bond motifs is 2. The Morgan fingerprint density at radius 2 is 2.19 bits per heavy atom. The Bertz CT molecular complexity index is 884. The SMILES string of the molecule is O=C(NC1Cc2cccc(C(=O)O)c2OB1O)c1csc2c1CCNC2. The number of carboxylic acids is 1. The number of carbonyl (C=O) groups excluding carboxylic acids is 1. The number of amides is 1. The molecule has 0 spiro atoms. The lowest BCUT2D eigenvalue weighted by Crippen LogP contribution is -2.53. The van der Waals surface area contributed by atoms with E-state index >= 15 is 0 Å². The average molecular weight is 372 g/mol. The van der Waals surface area contributed by atoms with E-state index in [0.717, 1.165) is 25.1 Å². The zero-order valence-electron chi connectivity index (χ0n) is 13.8. The minimum Gasteiger partial charge on any atom is -0.534 e. The molecule has 1 atom stereocenters. The van der Waals surface area contributed by atoms with Gasteiger partial charge < -0.3 is 25.4 Å². The van der Waals surface area contributed by atoms with Crippen LogP contribution in [0.15, 0.2) is 23.6 Å². The molecule has 0 bridgehead atoms. The lowest BCUT2D eigenvalue weighted by atomic mass is 9.72. The first-order valence-electron chi connectivity index (χ1n) is 8.35. The Balaban J connectivity index is 1.54. The van der Waals surface area contributed by atoms with Gasteiger partial charge >= 0.3 is 13.1 Å². The third-order valence-corrected chi connectivity index (χ3v) is 5.76. The van der Waals surface area contributed by atoms with Crippen molar-refractivity contribution in [2.45, 2.75) is 25.3 Å². The largest absolute Gasteiger partial charge is 0.547 e. The normalized spacial score (nSPS) is 18.5. The number of nitrogens with one attached hydrogen (secondary N) is 2. The van der Waals surface area contributed by atoms with Crippen molar-refractivity contribution in [3.05, 3.63) is 50.7 Å². The molecule has 2 aromatic rings. The summed E-state index contributed by atoms with van der Waals surface area (Å²) in [5.41, 5.74) is 2.36. The molecular formula is C17H17BN2O5S. The van der Waals surface area contributed by atoms with Crippen LogP contribution in [0.5, 0.6) is 5.75 Å². The van der Waals surface area contributed by atoms with Crippen molar-refractivity contribution in [3.8, 4) is 5.75 Å². The highest BCUT2D eigenvalue weighted by atomic mass is 32.1. The molecule has 0 saturated carbocycles. The van der Waals surface area contributed by atoms with Crippen LogP contribution in [0.25, 0.3) is 0 Å². The molecule has 2 aliphatic heterocycles. The van der Waals surface area contributed by atoms with Crippen molar-refractivity contribution in [1.29, 1.82) is 0 Å². The first-order valence-corrected chi connectivity index (χ1v) is 9.23. The molecule has 1 aromatic carbocycles. The van der Waals surface area contributed by atoms with Gasteiger partial charge in [-0.1, -0.05) is 12.1 Å². The minimum absolute atomic E-state index is 0.00531. The van der Waals surface area contributed by atoms with E-state index in [4.69, 9.17) is 4.65 Å². The van der Waals surface area contributed by atoms with Crippen LogP contribution in [-0.2, 0) is 19.4 Å². The molecule has 1 unspecified atom stereocenters. The number of carboxylic acid groups (broad SMARTS) is 1. The number of para-hydroxylation sites is 1. The van der Waals surface area contributed by atoms with E-state index in [9.17, 15) is 19.7 Å². The van der Waals surface area contributed by atoms with Gasteiger partial charge in [-0.15, -0.1) is 11.3 Å². The molecule has 26 heavy (non-hydrogen) atoms. The van der Waals surface area contributed by atoms with Gasteiger partial charge in [0, 0.05) is 16.8 Å². The molecule has 4 rings (SSSR count). The van der Waals surface area contributed by atoms with Crippen molar-refractivity contribution in [2.24, 2.45) is 0 Å². The minimum atomic E-state index is -1.30. The van der Waals surface area contributed by atoms with Crippen LogP contribution < -0.4 is 15.3 Å². The Morgan fingerprint density at radius 3 is 3.00 bits per heavy atom. The average Bonchev–Trinajstić information content (AvgIpc) is 3.06. The number of benzene rings is 1. The van der Waals surface area contributed by atoms with E-state index in [0.29, 0.717) is 17.5 Å². The monoisotopic (exact) mass is 372 g/mol. The fraction of sp³-hybridized carbons (Fsp3) is 0.294. The highest BCUT2D eigenvalue weighted by molar-refractivity contribution is 7.10. The standard InChI is InChI=1S/C17H17BN2O5S/c21-16(12-8-26-13-7-19-5-4-10(12)13)20-14-6-9-2-1-3-11(17(22)23)15(9)25-18(14)24/h1-3,8,14,19,24H,4-7H2,(H,20,21)(H,22,23). The fourth-order valence-corrected chi connectivity index (χ4v) is 4.46. The summed E-state index contributed by atoms with van der Waals surface area (Å²) in [4.78, 5) is 25.2. The van der Waals surface area contributed by atoms with Crippen LogP contribution in [0.4, 0.5) is 0 Å². The third-order valence-electron chi connectivity index (χ3n) is 4.73. The maximum atomic E-state index is 12.7. The van der Waals surface area contributed by atoms with E-state index in [1.54, 1.807) is 23.5 Å². The lowest BCUT2D eigenvalue weighted by Gasteiger charge is -2.29. The summed E-state index contributed by atoms with van der Waals surface area (Å²) in [5.74, 6) is -1.83. The Labute approximate surface area is 154 Å². The van der Waals surface area contributed by atoms with Gasteiger partial charge in [-0.2, -0.15) is 0 Å². The van der Waals surface area contributed by atoms with Crippen LogP contribution in [0.1, 0.15) is 36.7 Å². The van der Waals surface area contributed by atoms with Gasteiger partial charge in [-0.05, 0) is 36.6 Å². The number of carbonyl (C=O) groups is 2. The molecule has 4 N–H and O–H groups in total. The second kappa shape index (κ2) is 6.75. The highest BCUT2D eigenvalue weighted by Crippen LogP contribution is 2.31. The third kappa shape index (κ3) is 2.98. The van der Waals surface area contributed by atoms with E-state index in [2.05, 4.69) is 10.6 Å². The number of rotatable bonds is 3. The number of hydrogen-bond donors (Lipinski definition) is 4. The summed E-state index contributed by atoms with van der Waals surface area (Å²) in [7, 11) is -1.30. The molecule has 7 nitrogen and oxygen atoms in total. The first kappa shape index (κ1) is 17.1. The second-order valence-corrected chi connectivity index (χ2v) is 7.33. The summed E-state index contributed by atoms with van der Waals surface area (Å²) in [5, 5.41) is 27.5. The molecule has 1 aromatic heterocycles.